The van der Waals surface area contributed by atoms with E-state index < -0.39 is 0 Å². The molecule has 9 heteroatoms. The van der Waals surface area contributed by atoms with Crippen LogP contribution in [-0.2, 0) is 4.74 Å². The highest BCUT2D eigenvalue weighted by atomic mass is 16.5. The summed E-state index contributed by atoms with van der Waals surface area (Å²) in [6.45, 7) is 1.58. The molecule has 0 bridgehead atoms. The quantitative estimate of drug-likeness (QED) is 0.479. The zero-order valence-electron chi connectivity index (χ0n) is 17.7. The monoisotopic (exact) mass is 419 g/mol. The molecule has 1 aliphatic rings. The third-order valence-electron chi connectivity index (χ3n) is 5.20. The van der Waals surface area contributed by atoms with Gasteiger partial charge in [-0.15, -0.1) is 0 Å². The largest absolute Gasteiger partial charge is 0.495 e. The second kappa shape index (κ2) is 8.97. The molecule has 1 aliphatic heterocycles. The average molecular weight is 419 g/mol. The first-order chi connectivity index (χ1) is 15.2. The summed E-state index contributed by atoms with van der Waals surface area (Å²) in [6.07, 6.45) is 6.84. The molecule has 1 saturated heterocycles. The zero-order valence-corrected chi connectivity index (χ0v) is 17.7. The van der Waals surface area contributed by atoms with Crippen LogP contribution in [0.1, 0.15) is 5.56 Å². The lowest BCUT2D eigenvalue weighted by Gasteiger charge is -2.39. The van der Waals surface area contributed by atoms with E-state index in [1.807, 2.05) is 24.3 Å². The van der Waals surface area contributed by atoms with Crippen molar-refractivity contribution in [3.05, 3.63) is 48.4 Å². The van der Waals surface area contributed by atoms with Crippen LogP contribution >= 0.6 is 0 Å². The molecule has 0 radical (unpaired) electrons. The number of hydrogen-bond acceptors (Lipinski definition) is 9. The van der Waals surface area contributed by atoms with Crippen LogP contribution in [0.4, 0.5) is 17.5 Å². The van der Waals surface area contributed by atoms with Crippen LogP contribution in [0.2, 0.25) is 0 Å². The van der Waals surface area contributed by atoms with Gasteiger partial charge in [-0.3, -0.25) is 0 Å². The van der Waals surface area contributed by atoms with Crippen LogP contribution in [0.15, 0.2) is 42.9 Å². The predicted molar refractivity (Wildman–Crippen MR) is 122 cm³/mol. The molecule has 3 aromatic rings. The van der Waals surface area contributed by atoms with Crippen molar-refractivity contribution in [2.24, 2.45) is 0 Å². The van der Waals surface area contributed by atoms with E-state index in [4.69, 9.17) is 19.9 Å². The number of hydrogen-bond donors (Lipinski definition) is 3. The van der Waals surface area contributed by atoms with Crippen LogP contribution < -0.4 is 20.3 Å². The molecule has 0 spiro atoms. The van der Waals surface area contributed by atoms with Gasteiger partial charge in [0.1, 0.15) is 11.3 Å². The molecule has 1 aromatic carbocycles. The zero-order chi connectivity index (χ0) is 21.8. The van der Waals surface area contributed by atoms with Crippen LogP contribution in [0, 0.1) is 5.41 Å². The highest BCUT2D eigenvalue weighted by molar-refractivity contribution is 6.08. The van der Waals surface area contributed by atoms with Gasteiger partial charge >= 0.3 is 0 Å². The number of fused-ring (bicyclic) bond motifs is 1. The Morgan fingerprint density at radius 3 is 2.77 bits per heavy atom. The summed E-state index contributed by atoms with van der Waals surface area (Å²) in [5, 5.41) is 14.7. The van der Waals surface area contributed by atoms with E-state index >= 15 is 0 Å². The van der Waals surface area contributed by atoms with Crippen LogP contribution in [-0.4, -0.2) is 61.6 Å². The second-order valence-corrected chi connectivity index (χ2v) is 7.10. The molecule has 31 heavy (non-hydrogen) atoms. The van der Waals surface area contributed by atoms with Crippen molar-refractivity contribution in [2.75, 3.05) is 44.6 Å². The van der Waals surface area contributed by atoms with Gasteiger partial charge in [0.05, 0.1) is 18.9 Å². The fourth-order valence-corrected chi connectivity index (χ4v) is 3.45. The number of pyridine rings is 1. The summed E-state index contributed by atoms with van der Waals surface area (Å²) in [6, 6.07) is 7.57. The maximum absolute atomic E-state index is 7.61. The number of anilines is 3. The number of nitrogens with zero attached hydrogens (tertiary/aromatic N) is 4. The first-order valence-corrected chi connectivity index (χ1v) is 9.89. The number of methoxy groups -OCH3 is 2. The minimum absolute atomic E-state index is 0.224. The lowest BCUT2D eigenvalue weighted by molar-refractivity contribution is 0.0784. The minimum Gasteiger partial charge on any atom is -0.495 e. The number of rotatable bonds is 8. The Morgan fingerprint density at radius 1 is 1.23 bits per heavy atom. The van der Waals surface area contributed by atoms with Gasteiger partial charge < -0.3 is 30.4 Å². The minimum atomic E-state index is 0.224. The van der Waals surface area contributed by atoms with Crippen molar-refractivity contribution in [3.8, 4) is 5.75 Å². The highest BCUT2D eigenvalue weighted by Gasteiger charge is 2.29. The molecule has 0 saturated carbocycles. The third kappa shape index (κ3) is 4.13. The number of nitrogens with one attached hydrogen (secondary N) is 3. The maximum atomic E-state index is 7.61. The van der Waals surface area contributed by atoms with Crippen molar-refractivity contribution in [1.82, 2.24) is 20.3 Å². The van der Waals surface area contributed by atoms with E-state index in [0.717, 1.165) is 46.6 Å². The summed E-state index contributed by atoms with van der Waals surface area (Å²) >= 11 is 0. The Hall–Kier alpha value is -3.72. The molecule has 3 N–H and O–H groups in total. The van der Waals surface area contributed by atoms with E-state index in [9.17, 15) is 0 Å². The molecule has 9 nitrogen and oxygen atoms in total. The van der Waals surface area contributed by atoms with Crippen molar-refractivity contribution >= 4 is 40.1 Å². The predicted octanol–water partition coefficient (Wildman–Crippen LogP) is 2.82. The number of aromatic nitrogens is 3. The van der Waals surface area contributed by atoms with Crippen LogP contribution in [0.3, 0.4) is 0 Å². The van der Waals surface area contributed by atoms with Gasteiger partial charge in [0.2, 0.25) is 5.95 Å². The molecule has 0 amide bonds. The molecule has 2 aromatic heterocycles. The number of benzene rings is 1. The standard InChI is InChI=1S/C22H25N7O2/c1-24-10-16(9-23)14-4-5-18(19(8-14)31-3)27-22-26-11-15-6-7-25-21(20(15)28-22)29-12-17(13-29)30-2/h4-11,17,23-24H,12-13H2,1-3H3,(H,26,27,28)/b16-10+,23-9?. The Morgan fingerprint density at radius 2 is 2.06 bits per heavy atom. The second-order valence-electron chi connectivity index (χ2n) is 7.10. The maximum Gasteiger partial charge on any atom is 0.227 e. The molecule has 1 fully saturated rings. The van der Waals surface area contributed by atoms with Crippen molar-refractivity contribution < 1.29 is 9.47 Å². The van der Waals surface area contributed by atoms with E-state index in [2.05, 4.69) is 25.5 Å². The summed E-state index contributed by atoms with van der Waals surface area (Å²) in [5.74, 6) is 1.91. The summed E-state index contributed by atoms with van der Waals surface area (Å²) in [4.78, 5) is 15.9. The summed E-state index contributed by atoms with van der Waals surface area (Å²) in [7, 11) is 5.13. The molecular formula is C22H25N7O2. The van der Waals surface area contributed by atoms with Gasteiger partial charge in [-0.1, -0.05) is 6.07 Å². The van der Waals surface area contributed by atoms with Crippen LogP contribution in [0.5, 0.6) is 5.75 Å². The molecule has 0 atom stereocenters. The Labute approximate surface area is 180 Å². The average Bonchev–Trinajstić information content (AvgIpc) is 2.77. The number of allylic oxidation sites excluding steroid dienone is 1. The van der Waals surface area contributed by atoms with E-state index in [-0.39, 0.29) is 6.10 Å². The first-order valence-electron chi connectivity index (χ1n) is 9.89. The van der Waals surface area contributed by atoms with E-state index in [1.54, 1.807) is 39.9 Å². The van der Waals surface area contributed by atoms with E-state index in [1.165, 1.54) is 6.21 Å². The van der Waals surface area contributed by atoms with Gasteiger partial charge in [-0.25, -0.2) is 15.0 Å². The topological polar surface area (TPSA) is 108 Å². The van der Waals surface area contributed by atoms with Crippen molar-refractivity contribution in [2.45, 2.75) is 6.10 Å². The van der Waals surface area contributed by atoms with Gasteiger partial charge in [0, 0.05) is 63.0 Å². The van der Waals surface area contributed by atoms with Gasteiger partial charge in [-0.2, -0.15) is 0 Å². The molecular weight excluding hydrogens is 394 g/mol. The smallest absolute Gasteiger partial charge is 0.227 e. The molecule has 0 aliphatic carbocycles. The fourth-order valence-electron chi connectivity index (χ4n) is 3.45. The summed E-state index contributed by atoms with van der Waals surface area (Å²) in [5.41, 5.74) is 3.12. The molecule has 0 unspecified atom stereocenters. The van der Waals surface area contributed by atoms with Gasteiger partial charge in [-0.05, 0) is 23.8 Å². The van der Waals surface area contributed by atoms with Crippen LogP contribution in [0.25, 0.3) is 16.5 Å². The Balaban J connectivity index is 1.64. The van der Waals surface area contributed by atoms with Crippen molar-refractivity contribution in [1.29, 1.82) is 5.41 Å². The van der Waals surface area contributed by atoms with Gasteiger partial charge in [0.25, 0.3) is 0 Å². The number of ether oxygens (including phenoxy) is 2. The summed E-state index contributed by atoms with van der Waals surface area (Å²) < 4.78 is 10.9. The van der Waals surface area contributed by atoms with E-state index in [0.29, 0.717) is 11.7 Å². The molecule has 160 valence electrons. The fraction of sp³-hybridized carbons (Fsp3) is 0.273. The van der Waals surface area contributed by atoms with Crippen molar-refractivity contribution in [3.63, 3.8) is 0 Å². The normalized spacial score (nSPS) is 14.3. The molecule has 4 rings (SSSR count). The lowest BCUT2D eigenvalue weighted by Crippen LogP contribution is -2.52. The first kappa shape index (κ1) is 20.5. The Bertz CT molecular complexity index is 1130. The molecule has 3 heterocycles. The lowest BCUT2D eigenvalue weighted by atomic mass is 10.1. The SMILES string of the molecule is CN/C=C(\C=N)c1ccc(Nc2ncc3ccnc(N4CC(OC)C4)c3n2)c(OC)c1. The third-order valence-corrected chi connectivity index (χ3v) is 5.20. The Kier molecular flexibility index (Phi) is 5.94. The van der Waals surface area contributed by atoms with Gasteiger partial charge in [0.15, 0.2) is 5.82 Å². The highest BCUT2D eigenvalue weighted by Crippen LogP contribution is 2.31.